The zero-order chi connectivity index (χ0) is 12.3. The van der Waals surface area contributed by atoms with Gasteiger partial charge in [-0.1, -0.05) is 6.07 Å². The van der Waals surface area contributed by atoms with Crippen molar-refractivity contribution in [1.29, 1.82) is 0 Å². The first-order valence-electron chi connectivity index (χ1n) is 5.43. The Hall–Kier alpha value is -2.01. The van der Waals surface area contributed by atoms with E-state index in [0.717, 1.165) is 5.69 Å². The standard InChI is InChI=1S/C12H14N4O/c1-8-3-2-4-10(14-8)12-15-9(5-6-13)7-11(17)16-12/h2-4,7H,5-6,13H2,1H3,(H,15,16,17). The van der Waals surface area contributed by atoms with Crippen LogP contribution in [0, 0.1) is 6.92 Å². The molecule has 0 aliphatic rings. The number of H-pyrrole nitrogens is 1. The van der Waals surface area contributed by atoms with E-state index >= 15 is 0 Å². The molecule has 17 heavy (non-hydrogen) atoms. The highest BCUT2D eigenvalue weighted by Gasteiger charge is 2.05. The SMILES string of the molecule is Cc1cccc(-c2nc(CCN)cc(=O)[nH]2)n1. The average molecular weight is 230 g/mol. The second-order valence-corrected chi connectivity index (χ2v) is 3.79. The van der Waals surface area contributed by atoms with Crippen molar-refractivity contribution in [3.8, 4) is 11.5 Å². The van der Waals surface area contributed by atoms with Gasteiger partial charge in [0.1, 0.15) is 5.69 Å². The molecule has 5 nitrogen and oxygen atoms in total. The minimum atomic E-state index is -0.179. The van der Waals surface area contributed by atoms with Crippen LogP contribution >= 0.6 is 0 Å². The smallest absolute Gasteiger partial charge is 0.251 e. The van der Waals surface area contributed by atoms with Crippen LogP contribution in [0.4, 0.5) is 0 Å². The molecule has 2 heterocycles. The largest absolute Gasteiger partial charge is 0.330 e. The second kappa shape index (κ2) is 4.88. The molecule has 0 saturated heterocycles. The molecule has 0 aromatic carbocycles. The third kappa shape index (κ3) is 2.76. The van der Waals surface area contributed by atoms with E-state index in [9.17, 15) is 4.79 Å². The van der Waals surface area contributed by atoms with Crippen molar-refractivity contribution in [3.05, 3.63) is 46.0 Å². The zero-order valence-corrected chi connectivity index (χ0v) is 9.60. The van der Waals surface area contributed by atoms with Crippen LogP contribution in [0.5, 0.6) is 0 Å². The van der Waals surface area contributed by atoms with Crippen molar-refractivity contribution in [3.63, 3.8) is 0 Å². The quantitative estimate of drug-likeness (QED) is 0.810. The fraction of sp³-hybridized carbons (Fsp3) is 0.250. The van der Waals surface area contributed by atoms with E-state index in [2.05, 4.69) is 15.0 Å². The van der Waals surface area contributed by atoms with E-state index in [1.807, 2.05) is 25.1 Å². The molecular formula is C12H14N4O. The zero-order valence-electron chi connectivity index (χ0n) is 9.60. The molecule has 5 heteroatoms. The molecule has 0 spiro atoms. The number of pyridine rings is 1. The molecule has 0 amide bonds. The van der Waals surface area contributed by atoms with Crippen LogP contribution in [0.3, 0.4) is 0 Å². The summed E-state index contributed by atoms with van der Waals surface area (Å²) in [5, 5.41) is 0. The van der Waals surface area contributed by atoms with Gasteiger partial charge in [0.05, 0.1) is 0 Å². The van der Waals surface area contributed by atoms with Crippen molar-refractivity contribution >= 4 is 0 Å². The molecule has 0 bridgehead atoms. The lowest BCUT2D eigenvalue weighted by Crippen LogP contribution is -2.13. The fourth-order valence-corrected chi connectivity index (χ4v) is 1.58. The van der Waals surface area contributed by atoms with Gasteiger partial charge in [0.25, 0.3) is 5.56 Å². The Labute approximate surface area is 98.7 Å². The molecule has 0 saturated carbocycles. The van der Waals surface area contributed by atoms with Crippen LogP contribution in [0.1, 0.15) is 11.4 Å². The summed E-state index contributed by atoms with van der Waals surface area (Å²) < 4.78 is 0. The van der Waals surface area contributed by atoms with E-state index in [4.69, 9.17) is 5.73 Å². The summed E-state index contributed by atoms with van der Waals surface area (Å²) in [6, 6.07) is 7.06. The van der Waals surface area contributed by atoms with Crippen LogP contribution in [0.25, 0.3) is 11.5 Å². The van der Waals surface area contributed by atoms with Crippen molar-refractivity contribution in [1.82, 2.24) is 15.0 Å². The maximum Gasteiger partial charge on any atom is 0.251 e. The van der Waals surface area contributed by atoms with Gasteiger partial charge < -0.3 is 10.7 Å². The average Bonchev–Trinajstić information content (AvgIpc) is 2.28. The van der Waals surface area contributed by atoms with Gasteiger partial charge in [-0.05, 0) is 25.6 Å². The first-order chi connectivity index (χ1) is 8.19. The highest BCUT2D eigenvalue weighted by atomic mass is 16.1. The highest BCUT2D eigenvalue weighted by molar-refractivity contribution is 5.48. The van der Waals surface area contributed by atoms with Crippen LogP contribution in [0.15, 0.2) is 29.1 Å². The van der Waals surface area contributed by atoms with Gasteiger partial charge in [0.2, 0.25) is 0 Å². The van der Waals surface area contributed by atoms with Crippen LogP contribution in [0.2, 0.25) is 0 Å². The Balaban J connectivity index is 2.48. The van der Waals surface area contributed by atoms with Crippen LogP contribution < -0.4 is 11.3 Å². The van der Waals surface area contributed by atoms with Crippen molar-refractivity contribution in [2.45, 2.75) is 13.3 Å². The number of nitrogens with two attached hydrogens (primary N) is 1. The van der Waals surface area contributed by atoms with E-state index < -0.39 is 0 Å². The van der Waals surface area contributed by atoms with Gasteiger partial charge in [-0.3, -0.25) is 4.79 Å². The Bertz CT molecular complexity index is 577. The summed E-state index contributed by atoms with van der Waals surface area (Å²) in [7, 11) is 0. The first kappa shape index (κ1) is 11.5. The van der Waals surface area contributed by atoms with Crippen molar-refractivity contribution in [2.75, 3.05) is 6.54 Å². The lowest BCUT2D eigenvalue weighted by molar-refractivity contribution is 0.902. The predicted molar refractivity (Wildman–Crippen MR) is 65.6 cm³/mol. The summed E-state index contributed by atoms with van der Waals surface area (Å²) in [4.78, 5) is 22.8. The molecule has 0 atom stereocenters. The summed E-state index contributed by atoms with van der Waals surface area (Å²) in [5.41, 5.74) is 7.52. The summed E-state index contributed by atoms with van der Waals surface area (Å²) in [5.74, 6) is 0.490. The normalized spacial score (nSPS) is 10.5. The van der Waals surface area contributed by atoms with Gasteiger partial charge >= 0.3 is 0 Å². The molecule has 2 rings (SSSR count). The molecule has 88 valence electrons. The third-order valence-electron chi connectivity index (χ3n) is 2.33. The predicted octanol–water partition coefficient (Wildman–Crippen LogP) is 0.642. The van der Waals surface area contributed by atoms with E-state index in [1.54, 1.807) is 0 Å². The van der Waals surface area contributed by atoms with Gasteiger partial charge in [0, 0.05) is 23.9 Å². The van der Waals surface area contributed by atoms with Crippen molar-refractivity contribution < 1.29 is 0 Å². The molecule has 0 fully saturated rings. The molecule has 0 aliphatic heterocycles. The molecule has 0 radical (unpaired) electrons. The molecule has 0 unspecified atom stereocenters. The maximum absolute atomic E-state index is 11.5. The topological polar surface area (TPSA) is 84.7 Å². The van der Waals surface area contributed by atoms with Crippen molar-refractivity contribution in [2.24, 2.45) is 5.73 Å². The van der Waals surface area contributed by atoms with E-state index in [0.29, 0.717) is 30.2 Å². The minimum Gasteiger partial charge on any atom is -0.330 e. The molecule has 3 N–H and O–H groups in total. The second-order valence-electron chi connectivity index (χ2n) is 3.79. The highest BCUT2D eigenvalue weighted by Crippen LogP contribution is 2.10. The van der Waals surface area contributed by atoms with Crippen LogP contribution in [-0.2, 0) is 6.42 Å². The number of hydrogen-bond donors (Lipinski definition) is 2. The number of aromatic amines is 1. The maximum atomic E-state index is 11.5. The lowest BCUT2D eigenvalue weighted by Gasteiger charge is -2.03. The summed E-state index contributed by atoms with van der Waals surface area (Å²) in [6.45, 7) is 2.36. The van der Waals surface area contributed by atoms with Crippen LogP contribution in [-0.4, -0.2) is 21.5 Å². The summed E-state index contributed by atoms with van der Waals surface area (Å²) >= 11 is 0. The van der Waals surface area contributed by atoms with Gasteiger partial charge in [0.15, 0.2) is 5.82 Å². The van der Waals surface area contributed by atoms with E-state index in [1.165, 1.54) is 6.07 Å². The fourth-order valence-electron chi connectivity index (χ4n) is 1.58. The van der Waals surface area contributed by atoms with Gasteiger partial charge in [-0.2, -0.15) is 0 Å². The number of hydrogen-bond acceptors (Lipinski definition) is 4. The van der Waals surface area contributed by atoms with Gasteiger partial charge in [-0.15, -0.1) is 0 Å². The molecule has 2 aromatic heterocycles. The molecular weight excluding hydrogens is 216 g/mol. The molecule has 0 aliphatic carbocycles. The number of aryl methyl sites for hydroxylation is 1. The minimum absolute atomic E-state index is 0.179. The number of nitrogens with one attached hydrogen (secondary N) is 1. The first-order valence-corrected chi connectivity index (χ1v) is 5.43. The Morgan fingerprint density at radius 1 is 1.35 bits per heavy atom. The summed E-state index contributed by atoms with van der Waals surface area (Å²) in [6.07, 6.45) is 0.586. The van der Waals surface area contributed by atoms with E-state index in [-0.39, 0.29) is 5.56 Å². The monoisotopic (exact) mass is 230 g/mol. The number of aromatic nitrogens is 3. The third-order valence-corrected chi connectivity index (χ3v) is 2.33. The Morgan fingerprint density at radius 3 is 2.88 bits per heavy atom. The van der Waals surface area contributed by atoms with Gasteiger partial charge in [-0.25, -0.2) is 9.97 Å². The Kier molecular flexibility index (Phi) is 3.30. The number of rotatable bonds is 3. The number of nitrogens with zero attached hydrogens (tertiary/aromatic N) is 2. The molecule has 2 aromatic rings. The lowest BCUT2D eigenvalue weighted by atomic mass is 10.2. The Morgan fingerprint density at radius 2 is 2.18 bits per heavy atom.